The van der Waals surface area contributed by atoms with E-state index in [1.165, 1.54) is 0 Å². The highest BCUT2D eigenvalue weighted by Gasteiger charge is 2.28. The summed E-state index contributed by atoms with van der Waals surface area (Å²) in [6, 6.07) is 6.97. The van der Waals surface area contributed by atoms with Gasteiger partial charge in [0.05, 0.1) is 5.60 Å². The molecule has 0 fully saturated rings. The van der Waals surface area contributed by atoms with Crippen molar-refractivity contribution in [1.82, 2.24) is 4.90 Å². The molecule has 106 valence electrons. The van der Waals surface area contributed by atoms with Gasteiger partial charge in [-0.1, -0.05) is 35.0 Å². The quantitative estimate of drug-likeness (QED) is 0.840. The molecule has 1 unspecified atom stereocenters. The summed E-state index contributed by atoms with van der Waals surface area (Å²) < 4.78 is 0.949. The summed E-state index contributed by atoms with van der Waals surface area (Å²) in [6.07, 6.45) is 0. The Morgan fingerprint density at radius 1 is 1.42 bits per heavy atom. The standard InChI is InChI=1S/C14H21BrN2O2/c1-4-17(9-14(2,3)19)12(13(16)18)10-5-7-11(15)8-6-10/h5-8,12,19H,4,9H2,1-3H3,(H2,16,18). The molecule has 0 spiro atoms. The molecule has 5 heteroatoms. The maximum atomic E-state index is 11.8. The van der Waals surface area contributed by atoms with Gasteiger partial charge in [0, 0.05) is 11.0 Å². The topological polar surface area (TPSA) is 66.6 Å². The number of nitrogens with two attached hydrogens (primary N) is 1. The molecule has 3 N–H and O–H groups in total. The van der Waals surface area contributed by atoms with Crippen LogP contribution < -0.4 is 5.73 Å². The molecule has 0 saturated carbocycles. The van der Waals surface area contributed by atoms with Crippen LogP contribution in [0.25, 0.3) is 0 Å². The highest BCUT2D eigenvalue weighted by atomic mass is 79.9. The Morgan fingerprint density at radius 3 is 2.32 bits per heavy atom. The molecule has 1 rings (SSSR count). The predicted molar refractivity (Wildman–Crippen MR) is 79.6 cm³/mol. The van der Waals surface area contributed by atoms with Gasteiger partial charge in [0.2, 0.25) is 5.91 Å². The third kappa shape index (κ3) is 4.93. The summed E-state index contributed by atoms with van der Waals surface area (Å²) in [4.78, 5) is 13.6. The summed E-state index contributed by atoms with van der Waals surface area (Å²) >= 11 is 3.36. The Bertz CT molecular complexity index is 426. The van der Waals surface area contributed by atoms with Crippen LogP contribution in [-0.4, -0.2) is 34.6 Å². The minimum atomic E-state index is -0.876. The lowest BCUT2D eigenvalue weighted by molar-refractivity contribution is -0.124. The third-order valence-electron chi connectivity index (χ3n) is 2.82. The molecular weight excluding hydrogens is 308 g/mol. The molecule has 0 saturated heterocycles. The van der Waals surface area contributed by atoms with E-state index in [1.54, 1.807) is 13.8 Å². The molecular formula is C14H21BrN2O2. The number of likely N-dealkylation sites (N-methyl/N-ethyl adjacent to an activating group) is 1. The second kappa shape index (κ2) is 6.50. The smallest absolute Gasteiger partial charge is 0.239 e. The van der Waals surface area contributed by atoms with E-state index in [-0.39, 0.29) is 0 Å². The molecule has 1 atom stereocenters. The molecule has 0 bridgehead atoms. The van der Waals surface area contributed by atoms with Crippen LogP contribution in [0.15, 0.2) is 28.7 Å². The number of carbonyl (C=O) groups is 1. The summed E-state index contributed by atoms with van der Waals surface area (Å²) in [7, 11) is 0. The van der Waals surface area contributed by atoms with Crippen molar-refractivity contribution in [3.8, 4) is 0 Å². The second-order valence-corrected chi connectivity index (χ2v) is 6.15. The zero-order valence-corrected chi connectivity index (χ0v) is 13.1. The number of primary amides is 1. The largest absolute Gasteiger partial charge is 0.389 e. The van der Waals surface area contributed by atoms with E-state index in [0.717, 1.165) is 10.0 Å². The first-order chi connectivity index (χ1) is 8.74. The molecule has 0 radical (unpaired) electrons. The summed E-state index contributed by atoms with van der Waals surface area (Å²) in [5.41, 5.74) is 5.49. The van der Waals surface area contributed by atoms with Gasteiger partial charge in [-0.25, -0.2) is 0 Å². The Kier molecular flexibility index (Phi) is 5.52. The minimum absolute atomic E-state index is 0.382. The average Bonchev–Trinajstić information content (AvgIpc) is 2.28. The average molecular weight is 329 g/mol. The maximum absolute atomic E-state index is 11.8. The monoisotopic (exact) mass is 328 g/mol. The number of rotatable bonds is 6. The highest BCUT2D eigenvalue weighted by Crippen LogP contribution is 2.24. The molecule has 0 aliphatic carbocycles. The van der Waals surface area contributed by atoms with E-state index in [0.29, 0.717) is 13.1 Å². The zero-order chi connectivity index (χ0) is 14.6. The summed E-state index contributed by atoms with van der Waals surface area (Å²) in [5, 5.41) is 9.94. The number of hydrogen-bond acceptors (Lipinski definition) is 3. The Hall–Kier alpha value is -0.910. The van der Waals surface area contributed by atoms with Crippen LogP contribution in [0, 0.1) is 0 Å². The minimum Gasteiger partial charge on any atom is -0.389 e. The first kappa shape index (κ1) is 16.1. The van der Waals surface area contributed by atoms with Crippen molar-refractivity contribution in [2.45, 2.75) is 32.4 Å². The van der Waals surface area contributed by atoms with Crippen molar-refractivity contribution in [2.24, 2.45) is 5.73 Å². The van der Waals surface area contributed by atoms with E-state index < -0.39 is 17.6 Å². The number of hydrogen-bond donors (Lipinski definition) is 2. The molecule has 0 aliphatic heterocycles. The van der Waals surface area contributed by atoms with Crippen molar-refractivity contribution < 1.29 is 9.90 Å². The number of nitrogens with zero attached hydrogens (tertiary/aromatic N) is 1. The van der Waals surface area contributed by atoms with Crippen LogP contribution in [0.2, 0.25) is 0 Å². The highest BCUT2D eigenvalue weighted by molar-refractivity contribution is 9.10. The van der Waals surface area contributed by atoms with Crippen LogP contribution in [0.3, 0.4) is 0 Å². The lowest BCUT2D eigenvalue weighted by Crippen LogP contribution is -2.45. The molecule has 0 aromatic heterocycles. The number of aliphatic hydroxyl groups is 1. The van der Waals surface area contributed by atoms with Crippen LogP contribution >= 0.6 is 15.9 Å². The fourth-order valence-electron chi connectivity index (χ4n) is 2.08. The van der Waals surface area contributed by atoms with E-state index in [9.17, 15) is 9.90 Å². The summed E-state index contributed by atoms with van der Waals surface area (Å²) in [5.74, 6) is -0.409. The normalized spacial score (nSPS) is 13.6. The van der Waals surface area contributed by atoms with Crippen molar-refractivity contribution in [3.63, 3.8) is 0 Å². The van der Waals surface area contributed by atoms with Gasteiger partial charge in [-0.2, -0.15) is 0 Å². The molecule has 19 heavy (non-hydrogen) atoms. The SMILES string of the molecule is CCN(CC(C)(C)O)C(C(N)=O)c1ccc(Br)cc1. The lowest BCUT2D eigenvalue weighted by atomic mass is 10.0. The van der Waals surface area contributed by atoms with Crippen LogP contribution in [0.5, 0.6) is 0 Å². The van der Waals surface area contributed by atoms with Gasteiger partial charge in [0.15, 0.2) is 0 Å². The first-order valence-electron chi connectivity index (χ1n) is 6.26. The second-order valence-electron chi connectivity index (χ2n) is 5.23. The van der Waals surface area contributed by atoms with E-state index in [2.05, 4.69) is 15.9 Å². The van der Waals surface area contributed by atoms with Crippen LogP contribution in [-0.2, 0) is 4.79 Å². The Morgan fingerprint density at radius 2 is 1.95 bits per heavy atom. The molecule has 0 aliphatic rings. The first-order valence-corrected chi connectivity index (χ1v) is 7.05. The van der Waals surface area contributed by atoms with Gasteiger partial charge in [-0.15, -0.1) is 0 Å². The summed E-state index contributed by atoms with van der Waals surface area (Å²) in [6.45, 7) is 6.39. The van der Waals surface area contributed by atoms with Gasteiger partial charge in [0.25, 0.3) is 0 Å². The fraction of sp³-hybridized carbons (Fsp3) is 0.500. The molecule has 4 nitrogen and oxygen atoms in total. The van der Waals surface area contributed by atoms with Gasteiger partial charge in [-0.3, -0.25) is 9.69 Å². The lowest BCUT2D eigenvalue weighted by Gasteiger charge is -2.33. The number of halogens is 1. The molecule has 1 amide bonds. The Labute approximate surface area is 122 Å². The van der Waals surface area contributed by atoms with E-state index in [4.69, 9.17) is 5.73 Å². The number of benzene rings is 1. The van der Waals surface area contributed by atoms with Gasteiger partial charge >= 0.3 is 0 Å². The maximum Gasteiger partial charge on any atom is 0.239 e. The number of amides is 1. The van der Waals surface area contributed by atoms with Crippen molar-refractivity contribution in [1.29, 1.82) is 0 Å². The van der Waals surface area contributed by atoms with Crippen molar-refractivity contribution in [3.05, 3.63) is 34.3 Å². The van der Waals surface area contributed by atoms with Crippen molar-refractivity contribution >= 4 is 21.8 Å². The van der Waals surface area contributed by atoms with Crippen LogP contribution in [0.1, 0.15) is 32.4 Å². The van der Waals surface area contributed by atoms with E-state index >= 15 is 0 Å². The van der Waals surface area contributed by atoms with Crippen LogP contribution in [0.4, 0.5) is 0 Å². The van der Waals surface area contributed by atoms with Gasteiger partial charge in [-0.05, 0) is 38.1 Å². The molecule has 1 aromatic rings. The van der Waals surface area contributed by atoms with E-state index in [1.807, 2.05) is 36.1 Å². The van der Waals surface area contributed by atoms with Gasteiger partial charge < -0.3 is 10.8 Å². The zero-order valence-electron chi connectivity index (χ0n) is 11.6. The molecule has 0 heterocycles. The predicted octanol–water partition coefficient (Wildman–Crippen LogP) is 2.07. The van der Waals surface area contributed by atoms with Crippen molar-refractivity contribution in [2.75, 3.05) is 13.1 Å². The van der Waals surface area contributed by atoms with Gasteiger partial charge in [0.1, 0.15) is 6.04 Å². The number of carbonyl (C=O) groups excluding carboxylic acids is 1. The third-order valence-corrected chi connectivity index (χ3v) is 3.35. The molecule has 1 aromatic carbocycles. The Balaban J connectivity index is 3.04. The fourth-order valence-corrected chi connectivity index (χ4v) is 2.35.